The largest absolute Gasteiger partial charge is 0.361 e. The number of aromatic nitrogens is 5. The molecule has 9 heteroatoms. The number of hydrogen-bond acceptors (Lipinski definition) is 7. The van der Waals surface area contributed by atoms with Crippen molar-refractivity contribution < 1.29 is 4.79 Å². The van der Waals surface area contributed by atoms with Crippen LogP contribution in [0.2, 0.25) is 0 Å². The molecule has 0 bridgehead atoms. The zero-order valence-electron chi connectivity index (χ0n) is 22.9. The average Bonchev–Trinajstić information content (AvgIpc) is 3.37. The van der Waals surface area contributed by atoms with Crippen molar-refractivity contribution >= 4 is 39.6 Å². The third kappa shape index (κ3) is 5.14. The molecule has 9 nitrogen and oxygen atoms in total. The van der Waals surface area contributed by atoms with Gasteiger partial charge in [0.25, 0.3) is 0 Å². The van der Waals surface area contributed by atoms with Gasteiger partial charge in [-0.1, -0.05) is 45.4 Å². The lowest BCUT2D eigenvalue weighted by Gasteiger charge is -2.34. The summed E-state index contributed by atoms with van der Waals surface area (Å²) in [6, 6.07) is 10.8. The summed E-state index contributed by atoms with van der Waals surface area (Å²) in [6.45, 7) is 11.0. The van der Waals surface area contributed by atoms with E-state index in [4.69, 9.17) is 20.1 Å². The second-order valence-electron chi connectivity index (χ2n) is 10.1. The molecule has 1 atom stereocenters. The monoisotopic (exact) mass is 514 g/mol. The highest BCUT2D eigenvalue weighted by molar-refractivity contribution is 5.87. The maximum Gasteiger partial charge on any atom is 0.228 e. The van der Waals surface area contributed by atoms with E-state index in [1.807, 2.05) is 29.4 Å². The number of pyridine rings is 1. The highest BCUT2D eigenvalue weighted by atomic mass is 16.2. The van der Waals surface area contributed by atoms with Crippen LogP contribution in [-0.2, 0) is 4.79 Å². The number of benzene rings is 1. The first-order valence-corrected chi connectivity index (χ1v) is 13.9. The van der Waals surface area contributed by atoms with Crippen LogP contribution >= 0.6 is 0 Å². The number of nitrogens with one attached hydrogen (secondary N) is 1. The Kier molecular flexibility index (Phi) is 7.72. The summed E-state index contributed by atoms with van der Waals surface area (Å²) in [5, 5.41) is 9.71. The van der Waals surface area contributed by atoms with Crippen molar-refractivity contribution in [2.75, 3.05) is 36.4 Å². The lowest BCUT2D eigenvalue weighted by molar-refractivity contribution is -0.129. The molecular weight excluding hydrogens is 476 g/mol. The van der Waals surface area contributed by atoms with E-state index in [0.717, 1.165) is 59.0 Å². The fourth-order valence-electron chi connectivity index (χ4n) is 5.38. The van der Waals surface area contributed by atoms with Gasteiger partial charge in [-0.05, 0) is 37.0 Å². The molecule has 4 aromatic rings. The first-order chi connectivity index (χ1) is 18.5. The molecule has 1 amide bonds. The Morgan fingerprint density at radius 1 is 1.00 bits per heavy atom. The van der Waals surface area contributed by atoms with E-state index in [-0.39, 0.29) is 18.0 Å². The lowest BCUT2D eigenvalue weighted by Crippen LogP contribution is -2.48. The van der Waals surface area contributed by atoms with Crippen LogP contribution in [-0.4, -0.2) is 61.7 Å². The van der Waals surface area contributed by atoms with E-state index in [0.29, 0.717) is 32.1 Å². The smallest absolute Gasteiger partial charge is 0.228 e. The fourth-order valence-corrected chi connectivity index (χ4v) is 5.38. The predicted molar refractivity (Wildman–Crippen MR) is 152 cm³/mol. The number of para-hydroxylation sites is 1. The molecule has 0 aliphatic carbocycles. The van der Waals surface area contributed by atoms with E-state index in [2.05, 4.69) is 53.9 Å². The summed E-state index contributed by atoms with van der Waals surface area (Å²) in [7, 11) is 0. The van der Waals surface area contributed by atoms with Crippen molar-refractivity contribution in [2.45, 2.75) is 65.5 Å². The van der Waals surface area contributed by atoms with Gasteiger partial charge in [-0.2, -0.15) is 10.1 Å². The van der Waals surface area contributed by atoms with Gasteiger partial charge in [0.05, 0.1) is 23.8 Å². The van der Waals surface area contributed by atoms with E-state index in [1.54, 1.807) is 6.92 Å². The quantitative estimate of drug-likeness (QED) is 0.322. The number of hydrogen-bond donors (Lipinski definition) is 1. The van der Waals surface area contributed by atoms with Gasteiger partial charge in [0, 0.05) is 44.7 Å². The number of rotatable bonds is 9. The zero-order chi connectivity index (χ0) is 26.6. The van der Waals surface area contributed by atoms with E-state index in [9.17, 15) is 4.79 Å². The predicted octanol–water partition coefficient (Wildman–Crippen LogP) is 5.36. The Bertz CT molecular complexity index is 1400. The first-order valence-electron chi connectivity index (χ1n) is 13.9. The number of anilines is 2. The van der Waals surface area contributed by atoms with E-state index < -0.39 is 0 Å². The molecule has 1 saturated heterocycles. The maximum absolute atomic E-state index is 11.8. The number of fused-ring (bicyclic) bond motifs is 2. The van der Waals surface area contributed by atoms with Crippen LogP contribution in [0.15, 0.2) is 42.7 Å². The summed E-state index contributed by atoms with van der Waals surface area (Å²) in [5.74, 6) is 1.59. The SMILES string of the molecule is CCC[C@H](Nc1nc(N2CCN(C(C)=O)CC2)nc2cnn(C(CC)CC)c12)c1cnc2ccccc2c1. The third-order valence-electron chi connectivity index (χ3n) is 7.63. The molecule has 4 heterocycles. The molecular formula is C29H38N8O. The zero-order valence-corrected chi connectivity index (χ0v) is 22.9. The van der Waals surface area contributed by atoms with Crippen LogP contribution in [0.5, 0.6) is 0 Å². The standard InChI is InChI=1S/C29H38N8O/c1-5-10-25(22-17-21-11-8-9-12-24(21)30-18-22)32-28-27-26(19-31-37(27)23(6-2)7-3)33-29(34-28)36-15-13-35(14-16-36)20(4)38/h8-9,11-12,17-19,23,25H,5-7,10,13-16H2,1-4H3,(H,32,33,34)/t25-/m0/s1. The molecule has 38 heavy (non-hydrogen) atoms. The van der Waals surface area contributed by atoms with Gasteiger partial charge >= 0.3 is 0 Å². The van der Waals surface area contributed by atoms with Crippen LogP contribution in [0.1, 0.15) is 71.0 Å². The van der Waals surface area contributed by atoms with Crippen LogP contribution in [0.25, 0.3) is 21.9 Å². The second-order valence-corrected chi connectivity index (χ2v) is 10.1. The first kappa shape index (κ1) is 25.9. The molecule has 1 aliphatic rings. The third-order valence-corrected chi connectivity index (χ3v) is 7.63. The average molecular weight is 515 g/mol. The van der Waals surface area contributed by atoms with Crippen LogP contribution < -0.4 is 10.2 Å². The van der Waals surface area contributed by atoms with Gasteiger partial charge in [0.15, 0.2) is 5.82 Å². The highest BCUT2D eigenvalue weighted by Gasteiger charge is 2.25. The minimum atomic E-state index is 0.0441. The van der Waals surface area contributed by atoms with Crippen LogP contribution in [0.3, 0.4) is 0 Å². The molecule has 5 rings (SSSR count). The molecule has 0 radical (unpaired) electrons. The minimum Gasteiger partial charge on any atom is -0.361 e. The second kappa shape index (κ2) is 11.3. The summed E-state index contributed by atoms with van der Waals surface area (Å²) in [4.78, 5) is 30.7. The summed E-state index contributed by atoms with van der Waals surface area (Å²) in [5.41, 5.74) is 3.92. The van der Waals surface area contributed by atoms with Crippen molar-refractivity contribution in [2.24, 2.45) is 0 Å². The number of carbonyl (C=O) groups is 1. The molecule has 1 fully saturated rings. The molecule has 3 aromatic heterocycles. The molecule has 1 N–H and O–H groups in total. The Balaban J connectivity index is 1.56. The molecule has 1 aromatic carbocycles. The number of amides is 1. The Labute approximate surface area is 224 Å². The van der Waals surface area contributed by atoms with E-state index >= 15 is 0 Å². The summed E-state index contributed by atoms with van der Waals surface area (Å²) < 4.78 is 2.09. The highest BCUT2D eigenvalue weighted by Crippen LogP contribution is 2.32. The molecule has 0 unspecified atom stereocenters. The van der Waals surface area contributed by atoms with Crippen LogP contribution in [0, 0.1) is 0 Å². The molecule has 0 spiro atoms. The summed E-state index contributed by atoms with van der Waals surface area (Å²) in [6.07, 6.45) is 7.76. The van der Waals surface area contributed by atoms with Gasteiger partial charge in [-0.15, -0.1) is 0 Å². The van der Waals surface area contributed by atoms with Gasteiger partial charge in [0.1, 0.15) is 11.0 Å². The van der Waals surface area contributed by atoms with Crippen molar-refractivity contribution in [1.29, 1.82) is 0 Å². The van der Waals surface area contributed by atoms with Crippen molar-refractivity contribution in [3.63, 3.8) is 0 Å². The van der Waals surface area contributed by atoms with Gasteiger partial charge < -0.3 is 15.1 Å². The van der Waals surface area contributed by atoms with Gasteiger partial charge in [0.2, 0.25) is 11.9 Å². The Morgan fingerprint density at radius 3 is 2.47 bits per heavy atom. The van der Waals surface area contributed by atoms with Crippen molar-refractivity contribution in [1.82, 2.24) is 29.6 Å². The normalized spacial score (nSPS) is 15.0. The molecule has 1 aliphatic heterocycles. The Morgan fingerprint density at radius 2 is 1.76 bits per heavy atom. The topological polar surface area (TPSA) is 92.1 Å². The number of piperazine rings is 1. The Hall–Kier alpha value is -3.75. The summed E-state index contributed by atoms with van der Waals surface area (Å²) >= 11 is 0. The lowest BCUT2D eigenvalue weighted by atomic mass is 10.0. The maximum atomic E-state index is 11.8. The molecule has 0 saturated carbocycles. The fraction of sp³-hybridized carbons (Fsp3) is 0.483. The number of nitrogens with zero attached hydrogens (tertiary/aromatic N) is 7. The molecule has 200 valence electrons. The number of carbonyl (C=O) groups excluding carboxylic acids is 1. The van der Waals surface area contributed by atoms with Crippen molar-refractivity contribution in [3.8, 4) is 0 Å². The van der Waals surface area contributed by atoms with Crippen molar-refractivity contribution in [3.05, 3.63) is 48.3 Å². The van der Waals surface area contributed by atoms with Gasteiger partial charge in [-0.3, -0.25) is 14.5 Å². The minimum absolute atomic E-state index is 0.0441. The van der Waals surface area contributed by atoms with Crippen LogP contribution in [0.4, 0.5) is 11.8 Å². The van der Waals surface area contributed by atoms with E-state index in [1.165, 1.54) is 0 Å². The van der Waals surface area contributed by atoms with Gasteiger partial charge in [-0.25, -0.2) is 4.98 Å².